The van der Waals surface area contributed by atoms with Crippen LogP contribution < -0.4 is 31.9 Å². The first-order chi connectivity index (χ1) is 60.5. The van der Waals surface area contributed by atoms with Crippen molar-refractivity contribution in [2.75, 3.05) is 132 Å². The zero-order valence-corrected chi connectivity index (χ0v) is 78.8. The average Bonchev–Trinajstić information content (AvgIpc) is 1.20. The Hall–Kier alpha value is -4.84. The van der Waals surface area contributed by atoms with Gasteiger partial charge in [0.1, 0.15) is 42.4 Å². The van der Waals surface area contributed by atoms with Gasteiger partial charge < -0.3 is 136 Å². The van der Waals surface area contributed by atoms with E-state index in [0.29, 0.717) is 149 Å². The van der Waals surface area contributed by atoms with E-state index >= 15 is 0 Å². The Balaban J connectivity index is 0.00000156. The Morgan fingerprint density at radius 3 is 1.13 bits per heavy atom. The molecule has 0 aromatic carbocycles. The minimum absolute atomic E-state index is 0.0393. The maximum atomic E-state index is 12.7. The fourth-order valence-electron chi connectivity index (χ4n) is 14.2. The van der Waals surface area contributed by atoms with E-state index in [1.54, 1.807) is 27.8 Å². The van der Waals surface area contributed by atoms with Crippen LogP contribution in [0.4, 0.5) is 0 Å². The van der Waals surface area contributed by atoms with Crippen molar-refractivity contribution in [2.45, 2.75) is 380 Å². The SMILES string of the molecule is CCCC(=O)NCCCNC(=O)CCCCOC1OC(CO)C(O)C(O)C1C.CCCCCCC(=O)CC(COCC)(COCCC(=O)NC)COCCC(=O)NCCC.CCCCCCC(=O)N1C[C@H](O)C[C@H]1CCCCCO.CCCCNC(=O)CCCCOC1OC(CO)C(O)C(O)C1C.CCCCNC(=O)CCCCOC1OC(CO)C(O)C(O)C1C. The van der Waals surface area contributed by atoms with Gasteiger partial charge in [0.05, 0.1) is 77.3 Å². The molecule has 0 aromatic heterocycles. The van der Waals surface area contributed by atoms with Crippen LogP contribution in [0.5, 0.6) is 0 Å². The third-order valence-corrected chi connectivity index (χ3v) is 22.2. The van der Waals surface area contributed by atoms with E-state index in [-0.39, 0.29) is 130 Å². The number of nitrogens with one attached hydrogen (secondary N) is 6. The van der Waals surface area contributed by atoms with E-state index in [1.165, 1.54) is 12.8 Å². The monoisotopic (exact) mass is 1810 g/mol. The molecular formula is C91H175N7O28. The number of carbonyl (C=O) groups excluding carboxylic acids is 8. The number of β-amino-alcohol motifs (C(OH)–C–C–N with tert-alkyl or cyclic N) is 1. The maximum Gasteiger partial charge on any atom is 0.222 e. The lowest BCUT2D eigenvalue weighted by atomic mass is 9.84. The van der Waals surface area contributed by atoms with Crippen LogP contribution in [0, 0.1) is 23.2 Å². The minimum atomic E-state index is -1.14. The van der Waals surface area contributed by atoms with E-state index in [1.807, 2.05) is 25.7 Å². The molecule has 35 heteroatoms. The van der Waals surface area contributed by atoms with Crippen molar-refractivity contribution >= 4 is 47.1 Å². The van der Waals surface area contributed by atoms with E-state index < -0.39 is 91.7 Å². The molecule has 4 saturated heterocycles. The Morgan fingerprint density at radius 2 is 0.746 bits per heavy atom. The number of hydrogen-bond acceptors (Lipinski definition) is 28. The summed E-state index contributed by atoms with van der Waals surface area (Å²) in [5, 5.41) is 122. The number of ketones is 1. The van der Waals surface area contributed by atoms with Gasteiger partial charge in [0.25, 0.3) is 0 Å². The summed E-state index contributed by atoms with van der Waals surface area (Å²) in [6.45, 7) is 25.3. The second-order valence-electron chi connectivity index (χ2n) is 33.7. The van der Waals surface area contributed by atoms with Gasteiger partial charge in [-0.05, 0) is 110 Å². The van der Waals surface area contributed by atoms with Crippen LogP contribution in [-0.4, -0.2) is 326 Å². The van der Waals surface area contributed by atoms with E-state index in [9.17, 15) is 79.2 Å². The summed E-state index contributed by atoms with van der Waals surface area (Å²) in [5.41, 5.74) is -0.638. The number of ether oxygens (including phenoxy) is 9. The molecule has 0 aliphatic carbocycles. The Morgan fingerprint density at radius 1 is 0.373 bits per heavy atom. The summed E-state index contributed by atoms with van der Waals surface area (Å²) in [6.07, 6.45) is 16.4. The van der Waals surface area contributed by atoms with E-state index in [4.69, 9.17) is 58.0 Å². The van der Waals surface area contributed by atoms with Crippen molar-refractivity contribution < 1.29 is 137 Å². The number of hydrogen-bond donors (Lipinski definition) is 17. The number of rotatable bonds is 65. The Bertz CT molecular complexity index is 2670. The van der Waals surface area contributed by atoms with Crippen LogP contribution in [0.2, 0.25) is 0 Å². The first-order valence-corrected chi connectivity index (χ1v) is 47.6. The molecule has 4 fully saturated rings. The predicted octanol–water partition coefficient (Wildman–Crippen LogP) is 5.50. The van der Waals surface area contributed by atoms with Gasteiger partial charge in [-0.2, -0.15) is 0 Å². The van der Waals surface area contributed by atoms with E-state index in [0.717, 1.165) is 122 Å². The van der Waals surface area contributed by atoms with Gasteiger partial charge in [0.15, 0.2) is 18.9 Å². The van der Waals surface area contributed by atoms with Crippen molar-refractivity contribution in [1.82, 2.24) is 36.8 Å². The lowest BCUT2D eigenvalue weighted by Gasteiger charge is -2.40. The van der Waals surface area contributed by atoms with Crippen LogP contribution in [0.3, 0.4) is 0 Å². The third kappa shape index (κ3) is 56.1. The summed E-state index contributed by atoms with van der Waals surface area (Å²) < 4.78 is 50.5. The summed E-state index contributed by atoms with van der Waals surface area (Å²) in [6, 6.07) is 0.211. The van der Waals surface area contributed by atoms with Gasteiger partial charge in [-0.1, -0.05) is 127 Å². The summed E-state index contributed by atoms with van der Waals surface area (Å²) >= 11 is 0. The summed E-state index contributed by atoms with van der Waals surface area (Å²) in [4.78, 5) is 96.3. The summed E-state index contributed by atoms with van der Waals surface area (Å²) in [7, 11) is 1.59. The fourth-order valence-corrected chi connectivity index (χ4v) is 14.2. The average molecular weight is 1820 g/mol. The standard InChI is InChI=1S/C24H46N2O6.C19H36N2O7.2C16H31NO6.C16H31NO3/c1-5-8-9-10-11-21(27)17-24(18-30-7-3,19-31-15-12-22(28)25-4)20-32-16-13-23(29)26-14-6-2;1-3-7-15(23)20-9-6-10-21-16(24)8-4-5-11-27-19-13(2)17(25)18(26)14(12-22)28-19;2*1-3-4-8-17-13(19)7-5-6-9-22-16-11(2)14(20)15(21)12(10-18)23-16;1-2-3-4-7-10-16(20)17-13-15(19)12-14(17)9-6-5-8-11-18/h5-20H2,1-4H3,(H,25,28)(H,26,29);13-14,17-19,22,25-26H,3-12H2,1-2H3,(H,20,23)(H,21,24);2*11-12,14-16,18,20-21H,3-10H2,1-2H3,(H,17,19);14-15,18-19H,2-13H2,1H3/t;;;;14-,15-/m....1/s1. The Kier molecular flexibility index (Phi) is 74.7. The molecular weight excluding hydrogens is 1640 g/mol. The molecule has 4 aliphatic heterocycles. The normalized spacial score (nSPS) is 24.3. The number of aliphatic hydroxyl groups excluding tert-OH is 11. The van der Waals surface area contributed by atoms with Gasteiger partial charge in [-0.25, -0.2) is 0 Å². The smallest absolute Gasteiger partial charge is 0.222 e. The first kappa shape index (κ1) is 121. The van der Waals surface area contributed by atoms with Crippen molar-refractivity contribution in [3.05, 3.63) is 0 Å². The lowest BCUT2D eigenvalue weighted by Crippen LogP contribution is -2.55. The van der Waals surface area contributed by atoms with Crippen molar-refractivity contribution in [3.8, 4) is 0 Å². The molecule has 742 valence electrons. The zero-order valence-electron chi connectivity index (χ0n) is 78.8. The molecule has 17 N–H and O–H groups in total. The van der Waals surface area contributed by atoms with Crippen molar-refractivity contribution in [1.29, 1.82) is 0 Å². The molecule has 0 radical (unpaired) electrons. The first-order valence-electron chi connectivity index (χ1n) is 47.6. The number of unbranched alkanes of at least 4 members (excludes halogenated alkanes) is 13. The third-order valence-electron chi connectivity index (χ3n) is 22.2. The molecule has 0 saturated carbocycles. The van der Waals surface area contributed by atoms with Crippen molar-refractivity contribution in [3.63, 3.8) is 0 Å². The molecule has 0 spiro atoms. The number of aliphatic hydroxyl groups is 11. The van der Waals surface area contributed by atoms with Gasteiger partial charge in [-0.3, -0.25) is 38.4 Å². The number of likely N-dealkylation sites (tertiary alicyclic amines) is 1. The van der Waals surface area contributed by atoms with Gasteiger partial charge in [-0.15, -0.1) is 0 Å². The quantitative estimate of drug-likeness (QED) is 0.0334. The van der Waals surface area contributed by atoms with Crippen LogP contribution >= 0.6 is 0 Å². The zero-order chi connectivity index (χ0) is 94.3. The molecule has 0 aromatic rings. The highest BCUT2D eigenvalue weighted by Gasteiger charge is 2.45. The molecule has 4 aliphatic rings. The molecule has 7 amide bonds. The van der Waals surface area contributed by atoms with Crippen LogP contribution in [0.1, 0.15) is 294 Å². The highest BCUT2D eigenvalue weighted by atomic mass is 16.7. The second-order valence-corrected chi connectivity index (χ2v) is 33.7. The molecule has 16 unspecified atom stereocenters. The maximum absolute atomic E-state index is 12.7. The number of Topliss-reactive ketones (excluding diaryl/α,β-unsaturated/α-hetero) is 1. The van der Waals surface area contributed by atoms with Crippen LogP contribution in [-0.2, 0) is 81.0 Å². The number of amides is 7. The molecule has 126 heavy (non-hydrogen) atoms. The van der Waals surface area contributed by atoms with Gasteiger partial charge in [0.2, 0.25) is 41.4 Å². The highest BCUT2D eigenvalue weighted by molar-refractivity contribution is 5.80. The minimum Gasteiger partial charge on any atom is -0.396 e. The van der Waals surface area contributed by atoms with Crippen molar-refractivity contribution in [2.24, 2.45) is 23.2 Å². The second kappa shape index (κ2) is 77.7. The largest absolute Gasteiger partial charge is 0.396 e. The lowest BCUT2D eigenvalue weighted by molar-refractivity contribution is -0.282. The van der Waals surface area contributed by atoms with Crippen LogP contribution in [0.15, 0.2) is 0 Å². The molecule has 35 nitrogen and oxygen atoms in total. The number of carbonyl (C=O) groups is 8. The fraction of sp³-hybridized carbons (Fsp3) is 0.912. The van der Waals surface area contributed by atoms with Gasteiger partial charge >= 0.3 is 0 Å². The predicted molar refractivity (Wildman–Crippen MR) is 478 cm³/mol. The molecule has 0 bridgehead atoms. The van der Waals surface area contributed by atoms with Crippen LogP contribution in [0.25, 0.3) is 0 Å². The molecule has 18 atom stereocenters. The topological polar surface area (TPSA) is 518 Å². The molecule has 4 rings (SSSR count). The Labute approximate surface area is 753 Å². The number of nitrogens with zero attached hydrogens (tertiary/aromatic N) is 1. The molecule has 4 heterocycles. The highest BCUT2D eigenvalue weighted by Crippen LogP contribution is 2.32. The summed E-state index contributed by atoms with van der Waals surface area (Å²) in [5.74, 6) is -0.838. The van der Waals surface area contributed by atoms with Gasteiger partial charge in [0, 0.05) is 166 Å². The van der Waals surface area contributed by atoms with E-state index in [2.05, 4.69) is 59.6 Å².